The Morgan fingerprint density at radius 3 is 2.68 bits per heavy atom. The second-order valence-corrected chi connectivity index (χ2v) is 7.82. The summed E-state index contributed by atoms with van der Waals surface area (Å²) in [5, 5.41) is 4.72. The van der Waals surface area contributed by atoms with E-state index in [1.807, 2.05) is 6.92 Å². The van der Waals surface area contributed by atoms with Gasteiger partial charge in [0.1, 0.15) is 11.6 Å². The minimum Gasteiger partial charge on any atom is -0.363 e. The Bertz CT molecular complexity index is 965. The fourth-order valence-corrected chi connectivity index (χ4v) is 4.43. The van der Waals surface area contributed by atoms with E-state index < -0.39 is 0 Å². The van der Waals surface area contributed by atoms with Crippen molar-refractivity contribution >= 4 is 32.7 Å². The molecule has 2 aromatic carbocycles. The molecule has 1 heterocycles. The van der Waals surface area contributed by atoms with Crippen LogP contribution in [0.25, 0.3) is 10.9 Å². The molecule has 1 aliphatic rings. The Kier molecular flexibility index (Phi) is 4.24. The molecule has 1 N–H and O–H groups in total. The zero-order valence-corrected chi connectivity index (χ0v) is 16.4. The van der Waals surface area contributed by atoms with E-state index in [0.29, 0.717) is 0 Å². The van der Waals surface area contributed by atoms with Gasteiger partial charge < -0.3 is 5.32 Å². The highest BCUT2D eigenvalue weighted by atomic mass is 79.9. The van der Waals surface area contributed by atoms with Crippen LogP contribution < -0.4 is 5.32 Å². The van der Waals surface area contributed by atoms with E-state index in [1.165, 1.54) is 33.1 Å². The molecule has 25 heavy (non-hydrogen) atoms. The van der Waals surface area contributed by atoms with Gasteiger partial charge >= 0.3 is 0 Å². The molecular weight excluding hydrogens is 374 g/mol. The molecule has 0 amide bonds. The highest BCUT2D eigenvalue weighted by Crippen LogP contribution is 2.37. The molecule has 0 unspecified atom stereocenters. The van der Waals surface area contributed by atoms with Gasteiger partial charge in [0, 0.05) is 15.9 Å². The molecule has 4 rings (SSSR count). The Hall–Kier alpha value is -1.94. The first-order valence-corrected chi connectivity index (χ1v) is 9.64. The highest BCUT2D eigenvalue weighted by Gasteiger charge is 2.21. The predicted molar refractivity (Wildman–Crippen MR) is 107 cm³/mol. The average molecular weight is 396 g/mol. The Labute approximate surface area is 157 Å². The summed E-state index contributed by atoms with van der Waals surface area (Å²) in [7, 11) is 0. The normalized spacial score (nSPS) is 14.6. The fourth-order valence-electron chi connectivity index (χ4n) is 3.77. The summed E-state index contributed by atoms with van der Waals surface area (Å²) in [4.78, 5) is 9.48. The number of aryl methyl sites for hydroxylation is 3. The van der Waals surface area contributed by atoms with Gasteiger partial charge in [0.05, 0.1) is 5.52 Å². The summed E-state index contributed by atoms with van der Waals surface area (Å²) in [6.07, 6.45) is 3.45. The zero-order valence-electron chi connectivity index (χ0n) is 14.9. The number of nitrogens with zero attached hydrogens (tertiary/aromatic N) is 2. The van der Waals surface area contributed by atoms with E-state index in [9.17, 15) is 0 Å². The van der Waals surface area contributed by atoms with Gasteiger partial charge in [-0.15, -0.1) is 0 Å². The van der Waals surface area contributed by atoms with E-state index in [0.717, 1.165) is 35.4 Å². The van der Waals surface area contributed by atoms with Crippen LogP contribution in [0.5, 0.6) is 0 Å². The number of fused-ring (bicyclic) bond motifs is 3. The third kappa shape index (κ3) is 3.04. The van der Waals surface area contributed by atoms with Crippen LogP contribution in [0.3, 0.4) is 0 Å². The molecular formula is C21H22BrN3. The van der Waals surface area contributed by atoms with Gasteiger partial charge in [-0.25, -0.2) is 9.97 Å². The number of hydrogen-bond acceptors (Lipinski definition) is 3. The van der Waals surface area contributed by atoms with Crippen molar-refractivity contribution in [2.24, 2.45) is 0 Å². The van der Waals surface area contributed by atoms with E-state index in [1.54, 1.807) is 0 Å². The standard InChI is InChI=1S/C21H22BrN3/c1-12-6-4-7-15(10-12)13(2)23-21-18-11-19(22)16-8-5-9-17(16)20(18)24-14(3)25-21/h4,6-7,10-11,13H,5,8-9H2,1-3H3,(H,23,24,25)/t13-/m1/s1. The first-order valence-electron chi connectivity index (χ1n) is 8.84. The Balaban J connectivity index is 1.81. The second kappa shape index (κ2) is 6.41. The maximum absolute atomic E-state index is 4.77. The molecule has 1 atom stereocenters. The van der Waals surface area contributed by atoms with Gasteiger partial charge in [-0.05, 0) is 62.8 Å². The van der Waals surface area contributed by atoms with E-state index >= 15 is 0 Å². The van der Waals surface area contributed by atoms with Crippen molar-refractivity contribution < 1.29 is 0 Å². The van der Waals surface area contributed by atoms with Gasteiger partial charge in [-0.2, -0.15) is 0 Å². The average Bonchev–Trinajstić information content (AvgIpc) is 3.07. The molecule has 0 fully saturated rings. The van der Waals surface area contributed by atoms with Crippen molar-refractivity contribution in [3.8, 4) is 0 Å². The number of anilines is 1. The Morgan fingerprint density at radius 1 is 1.08 bits per heavy atom. The van der Waals surface area contributed by atoms with Gasteiger partial charge in [0.25, 0.3) is 0 Å². The summed E-state index contributed by atoms with van der Waals surface area (Å²) in [6.45, 7) is 6.28. The fraction of sp³-hybridized carbons (Fsp3) is 0.333. The van der Waals surface area contributed by atoms with Crippen LogP contribution in [0.15, 0.2) is 34.8 Å². The van der Waals surface area contributed by atoms with E-state index in [4.69, 9.17) is 9.97 Å². The topological polar surface area (TPSA) is 37.8 Å². The molecule has 0 aliphatic heterocycles. The van der Waals surface area contributed by atoms with Crippen molar-refractivity contribution in [2.75, 3.05) is 5.32 Å². The highest BCUT2D eigenvalue weighted by molar-refractivity contribution is 9.10. The van der Waals surface area contributed by atoms with Crippen LogP contribution in [0.1, 0.15) is 47.5 Å². The van der Waals surface area contributed by atoms with Crippen LogP contribution in [0, 0.1) is 13.8 Å². The zero-order chi connectivity index (χ0) is 17.6. The maximum atomic E-state index is 4.77. The number of halogens is 1. The quantitative estimate of drug-likeness (QED) is 0.620. The third-order valence-corrected chi connectivity index (χ3v) is 5.72. The first kappa shape index (κ1) is 16.5. The summed E-state index contributed by atoms with van der Waals surface area (Å²) >= 11 is 3.76. The van der Waals surface area contributed by atoms with Crippen molar-refractivity contribution in [1.82, 2.24) is 9.97 Å². The molecule has 0 radical (unpaired) electrons. The van der Waals surface area contributed by atoms with E-state index in [2.05, 4.69) is 65.4 Å². The lowest BCUT2D eigenvalue weighted by Gasteiger charge is -2.18. The minimum atomic E-state index is 0.185. The molecule has 0 spiro atoms. The number of benzene rings is 2. The van der Waals surface area contributed by atoms with Crippen molar-refractivity contribution in [3.05, 3.63) is 62.9 Å². The lowest BCUT2D eigenvalue weighted by atomic mass is 10.0. The molecule has 128 valence electrons. The molecule has 3 nitrogen and oxygen atoms in total. The SMILES string of the molecule is Cc1cccc([C@@H](C)Nc2nc(C)nc3c4c(c(Br)cc23)CCC4)c1. The molecule has 1 aromatic heterocycles. The van der Waals surface area contributed by atoms with Crippen LogP contribution in [0.4, 0.5) is 5.82 Å². The first-order chi connectivity index (χ1) is 12.0. The van der Waals surface area contributed by atoms with Gasteiger partial charge in [0.2, 0.25) is 0 Å². The lowest BCUT2D eigenvalue weighted by molar-refractivity contribution is 0.870. The van der Waals surface area contributed by atoms with Gasteiger partial charge in [-0.1, -0.05) is 45.8 Å². The molecule has 0 saturated carbocycles. The lowest BCUT2D eigenvalue weighted by Crippen LogP contribution is -2.10. The summed E-state index contributed by atoms with van der Waals surface area (Å²) in [5.41, 5.74) is 6.46. The predicted octanol–water partition coefficient (Wildman–Crippen LogP) is 5.67. The smallest absolute Gasteiger partial charge is 0.138 e. The minimum absolute atomic E-state index is 0.185. The number of aromatic nitrogens is 2. The summed E-state index contributed by atoms with van der Waals surface area (Å²) < 4.78 is 1.19. The monoisotopic (exact) mass is 395 g/mol. The molecule has 4 heteroatoms. The third-order valence-electron chi connectivity index (χ3n) is 5.02. The van der Waals surface area contributed by atoms with Gasteiger partial charge in [0.15, 0.2) is 0 Å². The van der Waals surface area contributed by atoms with Crippen LogP contribution in [0.2, 0.25) is 0 Å². The second-order valence-electron chi connectivity index (χ2n) is 6.96. The summed E-state index contributed by atoms with van der Waals surface area (Å²) in [5.74, 6) is 1.75. The number of hydrogen-bond donors (Lipinski definition) is 1. The number of nitrogens with one attached hydrogen (secondary N) is 1. The van der Waals surface area contributed by atoms with Crippen molar-refractivity contribution in [3.63, 3.8) is 0 Å². The summed E-state index contributed by atoms with van der Waals surface area (Å²) in [6, 6.07) is 11.0. The van der Waals surface area contributed by atoms with E-state index in [-0.39, 0.29) is 6.04 Å². The Morgan fingerprint density at radius 2 is 1.88 bits per heavy atom. The molecule has 0 saturated heterocycles. The molecule has 0 bridgehead atoms. The van der Waals surface area contributed by atoms with Crippen LogP contribution in [-0.2, 0) is 12.8 Å². The van der Waals surface area contributed by atoms with Crippen molar-refractivity contribution in [1.29, 1.82) is 0 Å². The molecule has 3 aromatic rings. The van der Waals surface area contributed by atoms with Crippen LogP contribution in [-0.4, -0.2) is 9.97 Å². The number of rotatable bonds is 3. The molecule has 1 aliphatic carbocycles. The van der Waals surface area contributed by atoms with Crippen LogP contribution >= 0.6 is 15.9 Å². The maximum Gasteiger partial charge on any atom is 0.138 e. The van der Waals surface area contributed by atoms with Gasteiger partial charge in [-0.3, -0.25) is 0 Å². The largest absolute Gasteiger partial charge is 0.363 e. The van der Waals surface area contributed by atoms with Crippen molar-refractivity contribution in [2.45, 2.75) is 46.1 Å².